The molecule has 0 fully saturated rings. The molecule has 0 radical (unpaired) electrons. The van der Waals surface area contributed by atoms with E-state index in [4.69, 9.17) is 0 Å². The average molecular weight is 472 g/mol. The van der Waals surface area contributed by atoms with Crippen molar-refractivity contribution in [1.29, 1.82) is 0 Å². The lowest BCUT2D eigenvalue weighted by molar-refractivity contribution is -0.142. The van der Waals surface area contributed by atoms with E-state index in [1.54, 1.807) is 25.3 Å². The van der Waals surface area contributed by atoms with E-state index in [0.717, 1.165) is 4.68 Å². The van der Waals surface area contributed by atoms with E-state index in [0.29, 0.717) is 33.3 Å². The Balaban J connectivity index is 1.72. The van der Waals surface area contributed by atoms with Gasteiger partial charge in [-0.1, -0.05) is 0 Å². The third-order valence-electron chi connectivity index (χ3n) is 4.97. The summed E-state index contributed by atoms with van der Waals surface area (Å²) in [4.78, 5) is 21.3. The first-order valence-electron chi connectivity index (χ1n) is 10.4. The van der Waals surface area contributed by atoms with Crippen LogP contribution in [-0.4, -0.2) is 47.0 Å². The molecule has 0 saturated heterocycles. The van der Waals surface area contributed by atoms with Gasteiger partial charge in [0, 0.05) is 35.9 Å². The van der Waals surface area contributed by atoms with Crippen LogP contribution in [0.1, 0.15) is 36.7 Å². The molecule has 0 aliphatic carbocycles. The zero-order chi connectivity index (χ0) is 24.8. The Labute approximate surface area is 193 Å². The Kier molecular flexibility index (Phi) is 5.58. The fraction of sp³-hybridized carbons (Fsp3) is 0.304. The molecular formula is C23H23F3N6O2. The molecule has 4 rings (SSSR count). The number of nitrogens with one attached hydrogen (secondary N) is 1. The average Bonchev–Trinajstić information content (AvgIpc) is 3.29. The monoisotopic (exact) mass is 472 g/mol. The summed E-state index contributed by atoms with van der Waals surface area (Å²) in [7, 11) is 0. The predicted octanol–water partition coefficient (Wildman–Crippen LogP) is 4.39. The third-order valence-corrected chi connectivity index (χ3v) is 4.97. The van der Waals surface area contributed by atoms with Crippen molar-refractivity contribution in [2.75, 3.05) is 0 Å². The lowest BCUT2D eigenvalue weighted by Crippen LogP contribution is -2.40. The topological polar surface area (TPSA) is 97.9 Å². The van der Waals surface area contributed by atoms with Gasteiger partial charge in [0.05, 0.1) is 34.0 Å². The molecule has 34 heavy (non-hydrogen) atoms. The maximum atomic E-state index is 12.7. The molecule has 0 aromatic carbocycles. The van der Waals surface area contributed by atoms with E-state index < -0.39 is 18.3 Å². The summed E-state index contributed by atoms with van der Waals surface area (Å²) in [5.74, 6) is -0.422. The van der Waals surface area contributed by atoms with Crippen LogP contribution >= 0.6 is 0 Å². The summed E-state index contributed by atoms with van der Waals surface area (Å²) in [6.45, 7) is 6.19. The van der Waals surface area contributed by atoms with E-state index in [1.165, 1.54) is 29.4 Å². The first-order valence-corrected chi connectivity index (χ1v) is 10.4. The highest BCUT2D eigenvalue weighted by atomic mass is 19.4. The number of carbonyl (C=O) groups is 1. The Hall–Kier alpha value is -3.89. The van der Waals surface area contributed by atoms with Crippen molar-refractivity contribution in [2.24, 2.45) is 0 Å². The molecule has 4 aromatic rings. The van der Waals surface area contributed by atoms with Crippen molar-refractivity contribution in [2.45, 2.75) is 46.0 Å². The van der Waals surface area contributed by atoms with Gasteiger partial charge in [0.2, 0.25) is 5.88 Å². The number of aromatic hydroxyl groups is 1. The molecule has 4 heterocycles. The smallest absolute Gasteiger partial charge is 0.408 e. The largest absolute Gasteiger partial charge is 0.494 e. The number of amides is 1. The van der Waals surface area contributed by atoms with Gasteiger partial charge in [-0.2, -0.15) is 18.3 Å². The number of hydrogen-bond donors (Lipinski definition) is 2. The number of fused-ring (bicyclic) bond motifs is 1. The maximum absolute atomic E-state index is 12.7. The van der Waals surface area contributed by atoms with Crippen LogP contribution in [-0.2, 0) is 6.54 Å². The van der Waals surface area contributed by atoms with E-state index >= 15 is 0 Å². The van der Waals surface area contributed by atoms with Gasteiger partial charge in [-0.25, -0.2) is 4.98 Å². The molecule has 0 saturated carbocycles. The van der Waals surface area contributed by atoms with Crippen molar-refractivity contribution in [1.82, 2.24) is 29.6 Å². The van der Waals surface area contributed by atoms with Gasteiger partial charge in [-0.3, -0.25) is 19.0 Å². The van der Waals surface area contributed by atoms with Gasteiger partial charge >= 0.3 is 6.18 Å². The number of hydrogen-bond acceptors (Lipinski definition) is 5. The van der Waals surface area contributed by atoms with Crippen molar-refractivity contribution in [3.05, 3.63) is 54.2 Å². The summed E-state index contributed by atoms with van der Waals surface area (Å²) in [5, 5.41) is 17.8. The summed E-state index contributed by atoms with van der Waals surface area (Å²) >= 11 is 0. The molecular weight excluding hydrogens is 449 g/mol. The normalized spacial score (nSPS) is 12.3. The molecule has 11 heteroatoms. The molecule has 0 bridgehead atoms. The van der Waals surface area contributed by atoms with Crippen LogP contribution < -0.4 is 5.32 Å². The number of carbonyl (C=O) groups excluding carboxylic acids is 1. The standard InChI is InChI=1S/C23H23F3N6O2/c1-13-5-17(14-6-15(8-27-7-14)20(33)30-22(2,3)4)29-18-11-32(21(34)19(13)18)16-9-28-31(10-16)12-23(24,25)26/h5-11,34H,12H2,1-4H3,(H,30,33). The minimum absolute atomic E-state index is 0.158. The zero-order valence-electron chi connectivity index (χ0n) is 19.0. The summed E-state index contributed by atoms with van der Waals surface area (Å²) in [6.07, 6.45) is 2.60. The summed E-state index contributed by atoms with van der Waals surface area (Å²) < 4.78 is 40.1. The van der Waals surface area contributed by atoms with Crippen molar-refractivity contribution < 1.29 is 23.1 Å². The Morgan fingerprint density at radius 3 is 2.53 bits per heavy atom. The predicted molar refractivity (Wildman–Crippen MR) is 120 cm³/mol. The van der Waals surface area contributed by atoms with Crippen LogP contribution in [0.5, 0.6) is 5.88 Å². The number of nitrogens with zero attached hydrogens (tertiary/aromatic N) is 5. The van der Waals surface area contributed by atoms with Gasteiger partial charge in [0.15, 0.2) is 0 Å². The molecule has 0 spiro atoms. The molecule has 0 aliphatic heterocycles. The van der Waals surface area contributed by atoms with Crippen LogP contribution in [0.4, 0.5) is 13.2 Å². The molecule has 1 amide bonds. The van der Waals surface area contributed by atoms with Crippen molar-refractivity contribution in [3.63, 3.8) is 0 Å². The van der Waals surface area contributed by atoms with Crippen LogP contribution in [0.3, 0.4) is 0 Å². The minimum atomic E-state index is -4.41. The van der Waals surface area contributed by atoms with Crippen LogP contribution in [0.25, 0.3) is 27.8 Å². The number of aryl methyl sites for hydroxylation is 1. The number of halogens is 3. The Morgan fingerprint density at radius 2 is 1.85 bits per heavy atom. The Morgan fingerprint density at radius 1 is 1.12 bits per heavy atom. The SMILES string of the molecule is Cc1cc(-c2cncc(C(=O)NC(C)(C)C)c2)nc2cn(-c3cnn(CC(F)(F)F)c3)c(O)c12. The lowest BCUT2D eigenvalue weighted by atomic mass is 10.1. The molecule has 0 atom stereocenters. The van der Waals surface area contributed by atoms with Gasteiger partial charge in [-0.05, 0) is 45.4 Å². The number of pyridine rings is 2. The second kappa shape index (κ2) is 8.15. The second-order valence-corrected chi connectivity index (χ2v) is 9.09. The minimum Gasteiger partial charge on any atom is -0.494 e. The quantitative estimate of drug-likeness (QED) is 0.459. The lowest BCUT2D eigenvalue weighted by Gasteiger charge is -2.20. The van der Waals surface area contributed by atoms with Gasteiger partial charge in [0.25, 0.3) is 5.91 Å². The van der Waals surface area contributed by atoms with Gasteiger partial charge in [0.1, 0.15) is 6.54 Å². The molecule has 4 aromatic heterocycles. The molecule has 8 nitrogen and oxygen atoms in total. The number of aromatic nitrogens is 5. The maximum Gasteiger partial charge on any atom is 0.408 e. The molecule has 2 N–H and O–H groups in total. The summed E-state index contributed by atoms with van der Waals surface area (Å²) in [6, 6.07) is 3.43. The Bertz CT molecular complexity index is 1380. The van der Waals surface area contributed by atoms with E-state index in [2.05, 4.69) is 20.4 Å². The van der Waals surface area contributed by atoms with Crippen LogP contribution in [0.15, 0.2) is 43.1 Å². The molecule has 0 aliphatic rings. The highest BCUT2D eigenvalue weighted by Crippen LogP contribution is 2.34. The van der Waals surface area contributed by atoms with E-state index in [-0.39, 0.29) is 17.5 Å². The third kappa shape index (κ3) is 4.87. The highest BCUT2D eigenvalue weighted by molar-refractivity contribution is 5.96. The fourth-order valence-electron chi connectivity index (χ4n) is 3.59. The van der Waals surface area contributed by atoms with Crippen molar-refractivity contribution in [3.8, 4) is 22.8 Å². The van der Waals surface area contributed by atoms with Gasteiger partial charge < -0.3 is 10.4 Å². The number of alkyl halides is 3. The second-order valence-electron chi connectivity index (χ2n) is 9.09. The van der Waals surface area contributed by atoms with Crippen molar-refractivity contribution >= 4 is 16.8 Å². The molecule has 178 valence electrons. The first kappa shape index (κ1) is 23.3. The van der Waals surface area contributed by atoms with Crippen LogP contribution in [0.2, 0.25) is 0 Å². The van der Waals surface area contributed by atoms with Crippen LogP contribution in [0, 0.1) is 6.92 Å². The van der Waals surface area contributed by atoms with E-state index in [9.17, 15) is 23.1 Å². The summed E-state index contributed by atoms with van der Waals surface area (Å²) in [5.41, 5.74) is 2.51. The zero-order valence-corrected chi connectivity index (χ0v) is 19.0. The fourth-order valence-corrected chi connectivity index (χ4v) is 3.59. The van der Waals surface area contributed by atoms with Gasteiger partial charge in [-0.15, -0.1) is 0 Å². The highest BCUT2D eigenvalue weighted by Gasteiger charge is 2.28. The molecule has 0 unspecified atom stereocenters. The first-order chi connectivity index (χ1) is 15.8. The number of rotatable bonds is 4. The van der Waals surface area contributed by atoms with E-state index in [1.807, 2.05) is 20.8 Å².